The predicted molar refractivity (Wildman–Crippen MR) is 105 cm³/mol. The predicted octanol–water partition coefficient (Wildman–Crippen LogP) is 3.45. The number of rotatable bonds is 5. The Kier molecular flexibility index (Phi) is 6.01. The van der Waals surface area contributed by atoms with Crippen molar-refractivity contribution in [2.75, 3.05) is 24.7 Å². The number of benzene rings is 2. The third-order valence-corrected chi connectivity index (χ3v) is 7.08. The molecule has 0 saturated carbocycles. The largest absolute Gasteiger partial charge is 0.326 e. The summed E-state index contributed by atoms with van der Waals surface area (Å²) in [5.41, 5.74) is 0.741. The SMILES string of the molecule is CSc1cccc(NC(=O)[C@@H]2CCCN(S(=O)(=O)c3ccccc3)C2)c1. The first kappa shape index (κ1) is 18.9. The zero-order chi connectivity index (χ0) is 18.6. The van der Waals surface area contributed by atoms with Crippen molar-refractivity contribution in [3.8, 4) is 0 Å². The van der Waals surface area contributed by atoms with E-state index in [1.54, 1.807) is 42.1 Å². The van der Waals surface area contributed by atoms with E-state index < -0.39 is 10.0 Å². The Labute approximate surface area is 158 Å². The van der Waals surface area contributed by atoms with E-state index in [9.17, 15) is 13.2 Å². The number of carbonyl (C=O) groups is 1. The van der Waals surface area contributed by atoms with Crippen molar-refractivity contribution in [2.45, 2.75) is 22.6 Å². The third-order valence-electron chi connectivity index (χ3n) is 4.47. The third kappa shape index (κ3) is 4.28. The van der Waals surface area contributed by atoms with Gasteiger partial charge in [-0.2, -0.15) is 4.31 Å². The average molecular weight is 391 g/mol. The maximum Gasteiger partial charge on any atom is 0.243 e. The fourth-order valence-corrected chi connectivity index (χ4v) is 5.07. The van der Waals surface area contributed by atoms with Crippen LogP contribution < -0.4 is 5.32 Å². The molecule has 0 aromatic heterocycles. The molecule has 0 aliphatic carbocycles. The highest BCUT2D eigenvalue weighted by molar-refractivity contribution is 7.98. The normalized spacial score (nSPS) is 18.4. The summed E-state index contributed by atoms with van der Waals surface area (Å²) in [6.07, 6.45) is 3.35. The molecule has 2 aromatic carbocycles. The summed E-state index contributed by atoms with van der Waals surface area (Å²) in [4.78, 5) is 14.0. The molecule has 1 atom stereocenters. The molecule has 1 amide bonds. The number of thioether (sulfide) groups is 1. The van der Waals surface area contributed by atoms with E-state index in [2.05, 4.69) is 5.32 Å². The number of carbonyl (C=O) groups excluding carboxylic acids is 1. The maximum absolute atomic E-state index is 12.8. The van der Waals surface area contributed by atoms with E-state index in [0.29, 0.717) is 19.4 Å². The molecular weight excluding hydrogens is 368 g/mol. The van der Waals surface area contributed by atoms with Gasteiger partial charge >= 0.3 is 0 Å². The first-order chi connectivity index (χ1) is 12.5. The maximum atomic E-state index is 12.8. The van der Waals surface area contributed by atoms with Crippen LogP contribution in [0.25, 0.3) is 0 Å². The second-order valence-electron chi connectivity index (χ2n) is 6.24. The standard InChI is InChI=1S/C19H22N2O3S2/c1-25-17-9-5-8-16(13-17)20-19(22)15-7-6-12-21(14-15)26(23,24)18-10-3-2-4-11-18/h2-5,8-11,13,15H,6-7,12,14H2,1H3,(H,20,22)/t15-/m1/s1. The summed E-state index contributed by atoms with van der Waals surface area (Å²) in [6.45, 7) is 0.661. The number of anilines is 1. The summed E-state index contributed by atoms with van der Waals surface area (Å²) in [6, 6.07) is 16.0. The van der Waals surface area contributed by atoms with Crippen LogP contribution in [0.3, 0.4) is 0 Å². The smallest absolute Gasteiger partial charge is 0.243 e. The molecule has 1 N–H and O–H groups in total. The second kappa shape index (κ2) is 8.24. The van der Waals surface area contributed by atoms with Crippen molar-refractivity contribution in [3.05, 3.63) is 54.6 Å². The van der Waals surface area contributed by atoms with Gasteiger partial charge in [0.2, 0.25) is 15.9 Å². The van der Waals surface area contributed by atoms with E-state index in [0.717, 1.165) is 10.6 Å². The van der Waals surface area contributed by atoms with Gasteiger partial charge in [0.25, 0.3) is 0 Å². The first-order valence-corrected chi connectivity index (χ1v) is 11.2. The molecule has 1 fully saturated rings. The lowest BCUT2D eigenvalue weighted by molar-refractivity contribution is -0.120. The van der Waals surface area contributed by atoms with Gasteiger partial charge in [-0.25, -0.2) is 8.42 Å². The van der Waals surface area contributed by atoms with Gasteiger partial charge in [-0.1, -0.05) is 24.3 Å². The van der Waals surface area contributed by atoms with Crippen molar-refractivity contribution in [2.24, 2.45) is 5.92 Å². The Morgan fingerprint density at radius 3 is 2.65 bits per heavy atom. The van der Waals surface area contributed by atoms with Crippen molar-refractivity contribution < 1.29 is 13.2 Å². The van der Waals surface area contributed by atoms with Gasteiger partial charge in [-0.3, -0.25) is 4.79 Å². The van der Waals surface area contributed by atoms with Gasteiger partial charge < -0.3 is 5.32 Å². The molecule has 0 unspecified atom stereocenters. The van der Waals surface area contributed by atoms with Crippen molar-refractivity contribution in [1.29, 1.82) is 0 Å². The van der Waals surface area contributed by atoms with Crippen LogP contribution in [-0.4, -0.2) is 38.0 Å². The Bertz CT molecular complexity index is 869. The number of hydrogen-bond acceptors (Lipinski definition) is 4. The monoisotopic (exact) mass is 390 g/mol. The Hall–Kier alpha value is -1.83. The quantitative estimate of drug-likeness (QED) is 0.794. The van der Waals surface area contributed by atoms with E-state index in [1.807, 2.05) is 30.5 Å². The number of nitrogens with zero attached hydrogens (tertiary/aromatic N) is 1. The van der Waals surface area contributed by atoms with Crippen LogP contribution in [0, 0.1) is 5.92 Å². The van der Waals surface area contributed by atoms with Gasteiger partial charge in [0.1, 0.15) is 0 Å². The average Bonchev–Trinajstić information content (AvgIpc) is 2.69. The van der Waals surface area contributed by atoms with Gasteiger partial charge in [0.05, 0.1) is 10.8 Å². The van der Waals surface area contributed by atoms with Crippen LogP contribution in [0.4, 0.5) is 5.69 Å². The minimum Gasteiger partial charge on any atom is -0.326 e. The highest BCUT2D eigenvalue weighted by atomic mass is 32.2. The minimum absolute atomic E-state index is 0.129. The van der Waals surface area contributed by atoms with Crippen molar-refractivity contribution in [1.82, 2.24) is 4.31 Å². The summed E-state index contributed by atoms with van der Waals surface area (Å²) in [5, 5.41) is 2.92. The zero-order valence-corrected chi connectivity index (χ0v) is 16.2. The van der Waals surface area contributed by atoms with Crippen LogP contribution in [0.15, 0.2) is 64.4 Å². The summed E-state index contributed by atoms with van der Waals surface area (Å²) in [5.74, 6) is -0.476. The summed E-state index contributed by atoms with van der Waals surface area (Å²) in [7, 11) is -3.56. The van der Waals surface area contributed by atoms with Crippen molar-refractivity contribution in [3.63, 3.8) is 0 Å². The number of hydrogen-bond donors (Lipinski definition) is 1. The van der Waals surface area contributed by atoms with Crippen LogP contribution in [-0.2, 0) is 14.8 Å². The Morgan fingerprint density at radius 1 is 1.15 bits per heavy atom. The molecule has 0 bridgehead atoms. The number of piperidine rings is 1. The molecule has 26 heavy (non-hydrogen) atoms. The Balaban J connectivity index is 1.71. The molecule has 0 spiro atoms. The number of amides is 1. The second-order valence-corrected chi connectivity index (χ2v) is 9.05. The zero-order valence-electron chi connectivity index (χ0n) is 14.6. The minimum atomic E-state index is -3.56. The van der Waals surface area contributed by atoms with Crippen LogP contribution in [0.5, 0.6) is 0 Å². The molecule has 0 radical (unpaired) electrons. The van der Waals surface area contributed by atoms with Gasteiger partial charge in [0, 0.05) is 23.7 Å². The van der Waals surface area contributed by atoms with E-state index in [4.69, 9.17) is 0 Å². The molecule has 2 aromatic rings. The topological polar surface area (TPSA) is 66.5 Å². The molecule has 7 heteroatoms. The van der Waals surface area contributed by atoms with Crippen LogP contribution in [0.2, 0.25) is 0 Å². The molecule has 138 valence electrons. The van der Waals surface area contributed by atoms with Gasteiger partial charge in [-0.05, 0) is 49.4 Å². The molecule has 3 rings (SSSR count). The van der Waals surface area contributed by atoms with Gasteiger partial charge in [-0.15, -0.1) is 11.8 Å². The van der Waals surface area contributed by atoms with E-state index in [1.165, 1.54) is 4.31 Å². The molecule has 1 saturated heterocycles. The summed E-state index contributed by atoms with van der Waals surface area (Å²) >= 11 is 1.61. The summed E-state index contributed by atoms with van der Waals surface area (Å²) < 4.78 is 27.0. The van der Waals surface area contributed by atoms with E-state index >= 15 is 0 Å². The van der Waals surface area contributed by atoms with E-state index in [-0.39, 0.29) is 23.3 Å². The number of sulfonamides is 1. The fourth-order valence-electron chi connectivity index (χ4n) is 3.06. The Morgan fingerprint density at radius 2 is 1.92 bits per heavy atom. The molecular formula is C19H22N2O3S2. The van der Waals surface area contributed by atoms with Gasteiger partial charge in [0.15, 0.2) is 0 Å². The molecule has 5 nitrogen and oxygen atoms in total. The lowest BCUT2D eigenvalue weighted by atomic mass is 9.99. The fraction of sp³-hybridized carbons (Fsp3) is 0.316. The van der Waals surface area contributed by atoms with Crippen molar-refractivity contribution >= 4 is 33.4 Å². The highest BCUT2D eigenvalue weighted by Crippen LogP contribution is 2.25. The number of nitrogens with one attached hydrogen (secondary N) is 1. The van der Waals surface area contributed by atoms with Crippen LogP contribution in [0.1, 0.15) is 12.8 Å². The molecule has 1 aliphatic heterocycles. The highest BCUT2D eigenvalue weighted by Gasteiger charge is 2.33. The lowest BCUT2D eigenvalue weighted by Gasteiger charge is -2.31. The molecule has 1 heterocycles. The molecule has 1 aliphatic rings. The first-order valence-electron chi connectivity index (χ1n) is 8.51. The lowest BCUT2D eigenvalue weighted by Crippen LogP contribution is -2.43. The van der Waals surface area contributed by atoms with Crippen LogP contribution >= 0.6 is 11.8 Å².